The van der Waals surface area contributed by atoms with Crippen LogP contribution in [0.2, 0.25) is 5.02 Å². The largest absolute Gasteiger partial charge is 0.478 e. The Bertz CT molecular complexity index is 1560. The van der Waals surface area contributed by atoms with E-state index in [1.54, 1.807) is 24.3 Å². The number of hydrogen-bond acceptors (Lipinski definition) is 3. The summed E-state index contributed by atoms with van der Waals surface area (Å²) in [6.07, 6.45) is 4.61. The van der Waals surface area contributed by atoms with Gasteiger partial charge in [-0.1, -0.05) is 48.0 Å². The Kier molecular flexibility index (Phi) is 5.94. The Hall–Kier alpha value is -4.21. The number of rotatable bonds is 6. The first-order valence-electron chi connectivity index (χ1n) is 11.0. The maximum atomic E-state index is 14.4. The van der Waals surface area contributed by atoms with Crippen molar-refractivity contribution >= 4 is 45.7 Å². The van der Waals surface area contributed by atoms with Gasteiger partial charge in [-0.2, -0.15) is 14.8 Å². The topological polar surface area (TPSA) is 89.8 Å². The highest BCUT2D eigenvalue weighted by Crippen LogP contribution is 2.49. The molecule has 0 aliphatic heterocycles. The summed E-state index contributed by atoms with van der Waals surface area (Å²) in [6.45, 7) is 0. The lowest BCUT2D eigenvalue weighted by molar-refractivity contribution is -0.131. The molecule has 5 rings (SSSR count). The van der Waals surface area contributed by atoms with Crippen molar-refractivity contribution in [3.63, 3.8) is 0 Å². The van der Waals surface area contributed by atoms with Crippen molar-refractivity contribution in [1.82, 2.24) is 10.2 Å². The van der Waals surface area contributed by atoms with Crippen LogP contribution in [0.4, 0.5) is 4.39 Å². The van der Waals surface area contributed by atoms with Crippen molar-refractivity contribution < 1.29 is 14.3 Å². The number of carboxylic acids is 1. The number of H-pyrrole nitrogens is 1. The molecule has 35 heavy (non-hydrogen) atoms. The van der Waals surface area contributed by atoms with Gasteiger partial charge in [-0.05, 0) is 82.5 Å². The molecule has 1 aromatic heterocycles. The number of carbonyl (C=O) groups is 1. The van der Waals surface area contributed by atoms with Crippen LogP contribution in [0, 0.1) is 23.2 Å². The summed E-state index contributed by atoms with van der Waals surface area (Å²) < 4.78 is 14.4. The number of fused-ring (bicyclic) bond motifs is 1. The maximum Gasteiger partial charge on any atom is 0.328 e. The van der Waals surface area contributed by atoms with Gasteiger partial charge in [-0.3, -0.25) is 5.10 Å². The highest BCUT2D eigenvalue weighted by Gasteiger charge is 2.32. The lowest BCUT2D eigenvalue weighted by Crippen LogP contribution is -1.99. The fourth-order valence-electron chi connectivity index (χ4n) is 4.27. The monoisotopic (exact) mass is 483 g/mol. The van der Waals surface area contributed by atoms with Gasteiger partial charge in [-0.15, -0.1) is 0 Å². The average Bonchev–Trinajstić information content (AvgIpc) is 3.64. The number of aromatic nitrogens is 2. The zero-order valence-corrected chi connectivity index (χ0v) is 19.2. The van der Waals surface area contributed by atoms with Crippen LogP contribution < -0.4 is 0 Å². The summed E-state index contributed by atoms with van der Waals surface area (Å²) in [6, 6.07) is 20.4. The summed E-state index contributed by atoms with van der Waals surface area (Å²) in [5.41, 5.74) is 6.25. The fourth-order valence-corrected chi connectivity index (χ4v) is 4.56. The normalized spacial score (nSPS) is 14.2. The van der Waals surface area contributed by atoms with Gasteiger partial charge in [0.05, 0.1) is 22.5 Å². The molecule has 1 fully saturated rings. The van der Waals surface area contributed by atoms with Gasteiger partial charge in [0.2, 0.25) is 5.95 Å². The van der Waals surface area contributed by atoms with E-state index in [1.165, 1.54) is 6.08 Å². The summed E-state index contributed by atoms with van der Waals surface area (Å²) >= 11 is 6.67. The number of halogens is 2. The lowest BCUT2D eigenvalue weighted by atomic mass is 9.86. The second-order valence-corrected chi connectivity index (χ2v) is 8.84. The Morgan fingerprint density at radius 1 is 1.11 bits per heavy atom. The molecule has 2 N–H and O–H groups in total. The Morgan fingerprint density at radius 3 is 2.51 bits per heavy atom. The number of carboxylic acid groups (broad SMARTS) is 1. The van der Waals surface area contributed by atoms with E-state index in [0.717, 1.165) is 52.3 Å². The molecule has 1 aliphatic rings. The molecule has 1 aliphatic carbocycles. The van der Waals surface area contributed by atoms with Crippen molar-refractivity contribution in [2.24, 2.45) is 5.92 Å². The molecule has 0 radical (unpaired) electrons. The predicted octanol–water partition coefficient (Wildman–Crippen LogP) is 6.69. The molecule has 7 heteroatoms. The van der Waals surface area contributed by atoms with Crippen LogP contribution in [0.5, 0.6) is 0 Å². The summed E-state index contributed by atoms with van der Waals surface area (Å²) in [5.74, 6) is -1.25. The molecule has 0 spiro atoms. The average molecular weight is 484 g/mol. The first-order valence-corrected chi connectivity index (χ1v) is 11.4. The predicted molar refractivity (Wildman–Crippen MR) is 134 cm³/mol. The SMILES string of the molecule is N#Cc1ccc(C(=C(c2ccc(C=CC(=O)O)cc2)c2ccc3n[nH]c(F)c3c2)C2CC2)c(Cl)c1. The molecule has 0 amide bonds. The van der Waals surface area contributed by atoms with Gasteiger partial charge in [0.1, 0.15) is 0 Å². The Labute approximate surface area is 205 Å². The number of aromatic amines is 1. The van der Waals surface area contributed by atoms with E-state index >= 15 is 0 Å². The molecular weight excluding hydrogens is 465 g/mol. The first kappa shape index (κ1) is 22.6. The molecule has 0 atom stereocenters. The molecule has 172 valence electrons. The number of allylic oxidation sites excluding steroid dienone is 1. The smallest absolute Gasteiger partial charge is 0.328 e. The zero-order valence-electron chi connectivity index (χ0n) is 18.4. The van der Waals surface area contributed by atoms with Crippen molar-refractivity contribution in [1.29, 1.82) is 5.26 Å². The van der Waals surface area contributed by atoms with Crippen molar-refractivity contribution in [2.45, 2.75) is 12.8 Å². The number of aliphatic carboxylic acids is 1. The van der Waals surface area contributed by atoms with E-state index < -0.39 is 11.9 Å². The van der Waals surface area contributed by atoms with Gasteiger partial charge < -0.3 is 5.11 Å². The molecule has 0 unspecified atom stereocenters. The first-order chi connectivity index (χ1) is 16.9. The van der Waals surface area contributed by atoms with Crippen LogP contribution >= 0.6 is 11.6 Å². The third-order valence-corrected chi connectivity index (χ3v) is 6.37. The molecule has 1 saturated carbocycles. The number of nitrogens with one attached hydrogen (secondary N) is 1. The van der Waals surface area contributed by atoms with E-state index in [2.05, 4.69) is 16.3 Å². The quantitative estimate of drug-likeness (QED) is 0.236. The molecular formula is C28H19ClFN3O2. The number of hydrogen-bond donors (Lipinski definition) is 2. The summed E-state index contributed by atoms with van der Waals surface area (Å²) in [5, 5.41) is 25.5. The van der Waals surface area contributed by atoms with E-state index in [-0.39, 0.29) is 5.92 Å². The van der Waals surface area contributed by atoms with Crippen molar-refractivity contribution in [3.8, 4) is 6.07 Å². The minimum absolute atomic E-state index is 0.270. The van der Waals surface area contributed by atoms with E-state index in [1.807, 2.05) is 36.4 Å². The highest BCUT2D eigenvalue weighted by atomic mass is 35.5. The van der Waals surface area contributed by atoms with E-state index in [0.29, 0.717) is 21.5 Å². The van der Waals surface area contributed by atoms with Crippen LogP contribution in [-0.2, 0) is 4.79 Å². The molecule has 0 saturated heterocycles. The molecule has 5 nitrogen and oxygen atoms in total. The third-order valence-electron chi connectivity index (χ3n) is 6.06. The Morgan fingerprint density at radius 2 is 1.86 bits per heavy atom. The minimum Gasteiger partial charge on any atom is -0.478 e. The standard InChI is InChI=1S/C28H19ClFN3O2/c29-23-13-17(15-31)3-10-21(23)27(19-7-8-19)26(18-5-1-16(2-6-18)4-12-25(34)35)20-9-11-24-22(14-20)28(30)33-32-24/h1-6,9-14,19H,7-8H2,(H,32,33)(H,34,35). The summed E-state index contributed by atoms with van der Waals surface area (Å²) in [4.78, 5) is 10.9. The number of nitrogens with zero attached hydrogens (tertiary/aromatic N) is 2. The zero-order chi connectivity index (χ0) is 24.5. The van der Waals surface area contributed by atoms with Crippen molar-refractivity contribution in [3.05, 3.63) is 106 Å². The van der Waals surface area contributed by atoms with Gasteiger partial charge in [0, 0.05) is 11.1 Å². The maximum absolute atomic E-state index is 14.4. The Balaban J connectivity index is 1.75. The van der Waals surface area contributed by atoms with E-state index in [9.17, 15) is 14.4 Å². The van der Waals surface area contributed by atoms with Crippen LogP contribution in [0.1, 0.15) is 40.7 Å². The number of nitriles is 1. The van der Waals surface area contributed by atoms with Gasteiger partial charge in [0.15, 0.2) is 0 Å². The molecule has 0 bridgehead atoms. The van der Waals surface area contributed by atoms with Crippen molar-refractivity contribution in [2.75, 3.05) is 0 Å². The van der Waals surface area contributed by atoms with Gasteiger partial charge >= 0.3 is 5.97 Å². The van der Waals surface area contributed by atoms with Crippen LogP contribution in [0.25, 0.3) is 28.1 Å². The second kappa shape index (κ2) is 9.21. The highest BCUT2D eigenvalue weighted by molar-refractivity contribution is 6.33. The molecule has 4 aromatic rings. The fraction of sp³-hybridized carbons (Fsp3) is 0.107. The van der Waals surface area contributed by atoms with Gasteiger partial charge in [0.25, 0.3) is 0 Å². The van der Waals surface area contributed by atoms with Gasteiger partial charge in [-0.25, -0.2) is 4.79 Å². The summed E-state index contributed by atoms with van der Waals surface area (Å²) in [7, 11) is 0. The lowest BCUT2D eigenvalue weighted by Gasteiger charge is -2.18. The third kappa shape index (κ3) is 4.59. The molecule has 3 aromatic carbocycles. The molecule has 1 heterocycles. The van der Waals surface area contributed by atoms with Crippen LogP contribution in [0.15, 0.2) is 66.7 Å². The number of benzene rings is 3. The minimum atomic E-state index is -1.02. The van der Waals surface area contributed by atoms with Crippen LogP contribution in [-0.4, -0.2) is 21.3 Å². The van der Waals surface area contributed by atoms with E-state index in [4.69, 9.17) is 16.7 Å². The second-order valence-electron chi connectivity index (χ2n) is 8.43. The van der Waals surface area contributed by atoms with Crippen LogP contribution in [0.3, 0.4) is 0 Å².